The summed E-state index contributed by atoms with van der Waals surface area (Å²) in [5.41, 5.74) is 0. The lowest BCUT2D eigenvalue weighted by Gasteiger charge is -2.36. The van der Waals surface area contributed by atoms with Crippen LogP contribution >= 0.6 is 15.9 Å². The molecule has 0 atom stereocenters. The van der Waals surface area contributed by atoms with Crippen LogP contribution < -0.4 is 0 Å². The minimum absolute atomic E-state index is 0.0239. The van der Waals surface area contributed by atoms with Crippen molar-refractivity contribution in [3.05, 3.63) is 22.6 Å². The molecular weight excluding hydrogens is 304 g/mol. The van der Waals surface area contributed by atoms with E-state index in [9.17, 15) is 9.59 Å². The molecule has 1 saturated heterocycles. The van der Waals surface area contributed by atoms with Crippen molar-refractivity contribution in [2.75, 3.05) is 26.7 Å². The number of nitrogens with zero attached hydrogens (tertiary/aromatic N) is 2. The largest absolute Gasteiger partial charge is 0.444 e. The van der Waals surface area contributed by atoms with Crippen molar-refractivity contribution in [3.8, 4) is 0 Å². The quantitative estimate of drug-likeness (QED) is 0.871. The molecule has 0 saturated carbocycles. The number of hydrogen-bond donors (Lipinski definition) is 1. The van der Waals surface area contributed by atoms with Crippen LogP contribution in [0.4, 0.5) is 0 Å². The molecule has 1 aromatic heterocycles. The van der Waals surface area contributed by atoms with Crippen LogP contribution in [0.15, 0.2) is 21.2 Å². The van der Waals surface area contributed by atoms with Gasteiger partial charge in [0.25, 0.3) is 5.91 Å². The van der Waals surface area contributed by atoms with Gasteiger partial charge in [-0.25, -0.2) is 0 Å². The molecule has 98 valence electrons. The van der Waals surface area contributed by atoms with Gasteiger partial charge in [-0.2, -0.15) is 0 Å². The lowest BCUT2D eigenvalue weighted by molar-refractivity contribution is -0.141. The summed E-state index contributed by atoms with van der Waals surface area (Å²) in [6.07, 6.45) is -0.434. The van der Waals surface area contributed by atoms with E-state index >= 15 is 0 Å². The summed E-state index contributed by atoms with van der Waals surface area (Å²) in [4.78, 5) is 26.4. The number of rotatable bonds is 3. The van der Waals surface area contributed by atoms with Crippen molar-refractivity contribution in [1.29, 1.82) is 0 Å². The van der Waals surface area contributed by atoms with Crippen molar-refractivity contribution >= 4 is 27.7 Å². The van der Waals surface area contributed by atoms with Gasteiger partial charge in [0.1, 0.15) is 0 Å². The third-order valence-electron chi connectivity index (χ3n) is 2.72. The van der Waals surface area contributed by atoms with E-state index in [0.717, 1.165) is 0 Å². The lowest BCUT2D eigenvalue weighted by atomic mass is 10.1. The Hall–Kier alpha value is -1.34. The van der Waals surface area contributed by atoms with E-state index in [1.807, 2.05) is 0 Å². The van der Waals surface area contributed by atoms with Crippen molar-refractivity contribution in [1.82, 2.24) is 9.80 Å². The topological polar surface area (TPSA) is 74.0 Å². The first-order valence-corrected chi connectivity index (χ1v) is 6.23. The molecule has 1 aromatic rings. The number of aliphatic hydroxyl groups excluding tert-OH is 1. The molecule has 2 rings (SSSR count). The van der Waals surface area contributed by atoms with Crippen molar-refractivity contribution < 1.29 is 19.1 Å². The Morgan fingerprint density at radius 3 is 2.72 bits per heavy atom. The van der Waals surface area contributed by atoms with Crippen LogP contribution in [0.5, 0.6) is 0 Å². The number of amides is 2. The third-order valence-corrected chi connectivity index (χ3v) is 3.14. The first-order valence-electron chi connectivity index (χ1n) is 5.44. The number of β-amino-alcohol motifs (C(OH)–C–C–N with tert-alkyl or cyclic N) is 1. The maximum atomic E-state index is 11.9. The number of carbonyl (C=O) groups is 2. The number of aliphatic hydroxyl groups is 1. The fraction of sp³-hybridized carbons (Fsp3) is 0.455. The molecule has 2 amide bonds. The highest BCUT2D eigenvalue weighted by Crippen LogP contribution is 2.15. The summed E-state index contributed by atoms with van der Waals surface area (Å²) in [5.74, 6) is -0.349. The fourth-order valence-corrected chi connectivity index (χ4v) is 1.96. The molecule has 1 aliphatic rings. The summed E-state index contributed by atoms with van der Waals surface area (Å²) in [7, 11) is 1.53. The van der Waals surface area contributed by atoms with E-state index in [1.165, 1.54) is 16.8 Å². The highest BCUT2D eigenvalue weighted by molar-refractivity contribution is 9.10. The Bertz CT molecular complexity index is 467. The van der Waals surface area contributed by atoms with E-state index < -0.39 is 6.10 Å². The van der Waals surface area contributed by atoms with Crippen LogP contribution in [0.3, 0.4) is 0 Å². The molecule has 18 heavy (non-hydrogen) atoms. The molecule has 0 spiro atoms. The summed E-state index contributed by atoms with van der Waals surface area (Å²) in [5, 5.41) is 9.10. The minimum atomic E-state index is -0.434. The Morgan fingerprint density at radius 1 is 1.56 bits per heavy atom. The van der Waals surface area contributed by atoms with Crippen molar-refractivity contribution in [2.24, 2.45) is 0 Å². The molecule has 2 heterocycles. The summed E-state index contributed by atoms with van der Waals surface area (Å²) >= 11 is 3.11. The van der Waals surface area contributed by atoms with Gasteiger partial charge in [-0.05, 0) is 28.1 Å². The average molecular weight is 317 g/mol. The van der Waals surface area contributed by atoms with Crippen LogP contribution in [0.25, 0.3) is 0 Å². The van der Waals surface area contributed by atoms with Gasteiger partial charge in [-0.3, -0.25) is 9.59 Å². The fourth-order valence-electron chi connectivity index (χ4n) is 1.65. The Kier molecular flexibility index (Phi) is 3.72. The zero-order chi connectivity index (χ0) is 13.3. The Labute approximate surface area is 112 Å². The zero-order valence-electron chi connectivity index (χ0n) is 9.80. The predicted molar refractivity (Wildman–Crippen MR) is 66.0 cm³/mol. The Morgan fingerprint density at radius 2 is 2.22 bits per heavy atom. The lowest BCUT2D eigenvalue weighted by Crippen LogP contribution is -2.56. The number of likely N-dealkylation sites (tertiary alicyclic amines) is 1. The number of halogens is 1. The maximum Gasteiger partial charge on any atom is 0.289 e. The molecule has 0 aliphatic carbocycles. The van der Waals surface area contributed by atoms with Crippen molar-refractivity contribution in [3.63, 3.8) is 0 Å². The van der Waals surface area contributed by atoms with Crippen molar-refractivity contribution in [2.45, 2.75) is 6.10 Å². The predicted octanol–water partition coefficient (Wildman–Crippen LogP) is 0.317. The van der Waals surface area contributed by atoms with Gasteiger partial charge in [0, 0.05) is 20.1 Å². The maximum absolute atomic E-state index is 11.9. The summed E-state index contributed by atoms with van der Waals surface area (Å²) < 4.78 is 5.60. The normalized spacial score (nSPS) is 15.4. The van der Waals surface area contributed by atoms with E-state index in [4.69, 9.17) is 9.52 Å². The molecule has 6 nitrogen and oxygen atoms in total. The van der Waals surface area contributed by atoms with Crippen LogP contribution in [0.2, 0.25) is 0 Å². The Balaban J connectivity index is 1.89. The first-order chi connectivity index (χ1) is 8.47. The number of hydrogen-bond acceptors (Lipinski definition) is 4. The molecule has 7 heteroatoms. The third kappa shape index (κ3) is 2.73. The molecular formula is C11H13BrN2O4. The van der Waals surface area contributed by atoms with Gasteiger partial charge < -0.3 is 19.3 Å². The smallest absolute Gasteiger partial charge is 0.289 e. The monoisotopic (exact) mass is 316 g/mol. The van der Waals surface area contributed by atoms with Gasteiger partial charge in [0.15, 0.2) is 10.4 Å². The average Bonchev–Trinajstić information content (AvgIpc) is 2.70. The van der Waals surface area contributed by atoms with E-state index in [2.05, 4.69) is 15.9 Å². The van der Waals surface area contributed by atoms with Gasteiger partial charge in [0.2, 0.25) is 5.91 Å². The number of likely N-dealkylation sites (N-methyl/N-ethyl adjacent to an activating group) is 1. The van der Waals surface area contributed by atoms with Crippen LogP contribution in [0.1, 0.15) is 10.6 Å². The second-order valence-electron chi connectivity index (χ2n) is 4.22. The molecule has 1 aliphatic heterocycles. The van der Waals surface area contributed by atoms with E-state index in [-0.39, 0.29) is 24.1 Å². The highest BCUT2D eigenvalue weighted by Gasteiger charge is 2.30. The van der Waals surface area contributed by atoms with Gasteiger partial charge in [-0.15, -0.1) is 0 Å². The molecule has 0 unspecified atom stereocenters. The zero-order valence-corrected chi connectivity index (χ0v) is 11.4. The second kappa shape index (κ2) is 5.11. The molecule has 1 N–H and O–H groups in total. The standard InChI is InChI=1S/C11H13BrN2O4/c1-13(6-10(16)14-4-7(15)5-14)11(17)8-2-3-9(12)18-8/h2-3,7,15H,4-6H2,1H3. The summed E-state index contributed by atoms with van der Waals surface area (Å²) in [6.45, 7) is 0.657. The number of furan rings is 1. The first kappa shape index (κ1) is 13.1. The van der Waals surface area contributed by atoms with Gasteiger partial charge in [0.05, 0.1) is 12.6 Å². The highest BCUT2D eigenvalue weighted by atomic mass is 79.9. The second-order valence-corrected chi connectivity index (χ2v) is 5.00. The molecule has 0 radical (unpaired) electrons. The minimum Gasteiger partial charge on any atom is -0.444 e. The van der Waals surface area contributed by atoms with Crippen LogP contribution in [-0.2, 0) is 4.79 Å². The van der Waals surface area contributed by atoms with E-state index in [1.54, 1.807) is 12.1 Å². The molecule has 0 aromatic carbocycles. The van der Waals surface area contributed by atoms with Gasteiger partial charge in [-0.1, -0.05) is 0 Å². The summed E-state index contributed by atoms with van der Waals surface area (Å²) in [6, 6.07) is 3.16. The van der Waals surface area contributed by atoms with E-state index in [0.29, 0.717) is 17.8 Å². The SMILES string of the molecule is CN(CC(=O)N1CC(O)C1)C(=O)c1ccc(Br)o1. The van der Waals surface area contributed by atoms with Gasteiger partial charge >= 0.3 is 0 Å². The van der Waals surface area contributed by atoms with Crippen LogP contribution in [-0.4, -0.2) is 59.5 Å². The molecule has 0 bridgehead atoms. The molecule has 1 fully saturated rings. The van der Waals surface area contributed by atoms with Crippen LogP contribution in [0, 0.1) is 0 Å². The number of carbonyl (C=O) groups excluding carboxylic acids is 2.